The summed E-state index contributed by atoms with van der Waals surface area (Å²) >= 11 is 0. The number of nitrogens with zero attached hydrogens (tertiary/aromatic N) is 3. The van der Waals surface area contributed by atoms with Crippen molar-refractivity contribution in [3.63, 3.8) is 0 Å². The van der Waals surface area contributed by atoms with Gasteiger partial charge in [-0.1, -0.05) is 6.92 Å². The number of carbonyl (C=O) groups excluding carboxylic acids is 2. The first kappa shape index (κ1) is 15.9. The van der Waals surface area contributed by atoms with Gasteiger partial charge in [0.25, 0.3) is 5.91 Å². The van der Waals surface area contributed by atoms with Gasteiger partial charge >= 0.3 is 0 Å². The van der Waals surface area contributed by atoms with Crippen molar-refractivity contribution in [3.05, 3.63) is 23.7 Å². The van der Waals surface area contributed by atoms with Crippen LogP contribution < -0.4 is 16.0 Å². The first-order valence-corrected chi connectivity index (χ1v) is 7.25. The van der Waals surface area contributed by atoms with Crippen molar-refractivity contribution in [2.24, 2.45) is 11.7 Å². The number of carbonyl (C=O) groups is 2. The van der Waals surface area contributed by atoms with Crippen LogP contribution in [0.1, 0.15) is 31.7 Å². The van der Waals surface area contributed by atoms with Crippen molar-refractivity contribution in [2.45, 2.75) is 27.2 Å². The van der Waals surface area contributed by atoms with Crippen LogP contribution in [0.2, 0.25) is 0 Å². The minimum Gasteiger partial charge on any atom is -0.404 e. The molecule has 7 nitrogen and oxygen atoms in total. The van der Waals surface area contributed by atoms with E-state index in [0.717, 1.165) is 37.1 Å². The lowest BCUT2D eigenvalue weighted by atomic mass is 10.1. The molecule has 0 saturated carbocycles. The van der Waals surface area contributed by atoms with Gasteiger partial charge in [0.05, 0.1) is 17.0 Å². The molecule has 2 heterocycles. The third-order valence-corrected chi connectivity index (χ3v) is 3.69. The molecular formula is C15H21N5O2. The zero-order valence-corrected chi connectivity index (χ0v) is 13.1. The Bertz CT molecular complexity index is 626. The molecule has 0 aromatic carbocycles. The molecule has 1 aromatic heterocycles. The molecule has 7 heteroatoms. The molecular weight excluding hydrogens is 282 g/mol. The first-order chi connectivity index (χ1) is 10.4. The summed E-state index contributed by atoms with van der Waals surface area (Å²) in [6, 6.07) is 1.80. The highest BCUT2D eigenvalue weighted by Gasteiger charge is 2.23. The van der Waals surface area contributed by atoms with Gasteiger partial charge in [-0.05, 0) is 25.3 Å². The monoisotopic (exact) mass is 303 g/mol. The van der Waals surface area contributed by atoms with Crippen LogP contribution in [0.4, 0.5) is 5.69 Å². The molecule has 1 aliphatic rings. The number of imide groups is 1. The van der Waals surface area contributed by atoms with Gasteiger partial charge in [-0.3, -0.25) is 14.9 Å². The maximum absolute atomic E-state index is 12.0. The largest absolute Gasteiger partial charge is 0.404 e. The molecule has 0 aliphatic carbocycles. The molecule has 0 radical (unpaired) electrons. The minimum atomic E-state index is -0.575. The molecule has 1 fully saturated rings. The second kappa shape index (κ2) is 6.55. The summed E-state index contributed by atoms with van der Waals surface area (Å²) in [5.74, 6) is -0.395. The van der Waals surface area contributed by atoms with Crippen molar-refractivity contribution in [3.8, 4) is 0 Å². The molecule has 1 saturated heterocycles. The maximum atomic E-state index is 12.0. The Balaban J connectivity index is 2.31. The quantitative estimate of drug-likeness (QED) is 0.793. The zero-order valence-electron chi connectivity index (χ0n) is 13.1. The summed E-state index contributed by atoms with van der Waals surface area (Å²) in [5.41, 5.74) is 7.78. The van der Waals surface area contributed by atoms with Gasteiger partial charge < -0.3 is 10.6 Å². The van der Waals surface area contributed by atoms with E-state index in [9.17, 15) is 9.59 Å². The van der Waals surface area contributed by atoms with Gasteiger partial charge in [-0.25, -0.2) is 0 Å². The lowest BCUT2D eigenvalue weighted by Gasteiger charge is -2.20. The Morgan fingerprint density at radius 2 is 2.18 bits per heavy atom. The number of nitrogens with two attached hydrogens (primary N) is 1. The number of hydrogen-bond acceptors (Lipinski definition) is 6. The van der Waals surface area contributed by atoms with Crippen LogP contribution in [-0.4, -0.2) is 35.1 Å². The number of rotatable bonds is 3. The number of aryl methyl sites for hydroxylation is 1. The molecule has 2 amide bonds. The van der Waals surface area contributed by atoms with Crippen molar-refractivity contribution in [2.75, 3.05) is 18.0 Å². The summed E-state index contributed by atoms with van der Waals surface area (Å²) in [4.78, 5) is 25.3. The maximum Gasteiger partial charge on any atom is 0.261 e. The average molecular weight is 303 g/mol. The lowest BCUT2D eigenvalue weighted by Crippen LogP contribution is -2.29. The molecule has 118 valence electrons. The molecule has 0 spiro atoms. The Labute approximate surface area is 129 Å². The average Bonchev–Trinajstić information content (AvgIpc) is 2.87. The van der Waals surface area contributed by atoms with E-state index in [4.69, 9.17) is 5.73 Å². The Kier molecular flexibility index (Phi) is 4.75. The van der Waals surface area contributed by atoms with Crippen LogP contribution in [0, 0.1) is 12.8 Å². The number of hydrogen-bond donors (Lipinski definition) is 2. The molecule has 22 heavy (non-hydrogen) atoms. The number of anilines is 1. The second-order valence-electron chi connectivity index (χ2n) is 5.63. The highest BCUT2D eigenvalue weighted by Crippen LogP contribution is 2.27. The predicted molar refractivity (Wildman–Crippen MR) is 83.8 cm³/mol. The van der Waals surface area contributed by atoms with Crippen LogP contribution in [0.5, 0.6) is 0 Å². The van der Waals surface area contributed by atoms with Crippen molar-refractivity contribution >= 4 is 23.1 Å². The molecule has 1 unspecified atom stereocenters. The van der Waals surface area contributed by atoms with E-state index in [0.29, 0.717) is 11.6 Å². The predicted octanol–water partition coefficient (Wildman–Crippen LogP) is 0.594. The third-order valence-electron chi connectivity index (χ3n) is 3.69. The summed E-state index contributed by atoms with van der Waals surface area (Å²) in [6.45, 7) is 7.26. The highest BCUT2D eigenvalue weighted by molar-refractivity contribution is 6.22. The Morgan fingerprint density at radius 3 is 2.73 bits per heavy atom. The Morgan fingerprint density at radius 1 is 1.45 bits per heavy atom. The van der Waals surface area contributed by atoms with Crippen LogP contribution >= 0.6 is 0 Å². The highest BCUT2D eigenvalue weighted by atomic mass is 16.2. The fraction of sp³-hybridized carbons (Fsp3) is 0.467. The van der Waals surface area contributed by atoms with Gasteiger partial charge in [-0.2, -0.15) is 5.10 Å². The summed E-state index contributed by atoms with van der Waals surface area (Å²) < 4.78 is 0. The number of amides is 2. The van der Waals surface area contributed by atoms with E-state index in [1.165, 1.54) is 6.92 Å². The smallest absolute Gasteiger partial charge is 0.261 e. The molecule has 0 bridgehead atoms. The number of aromatic nitrogens is 2. The summed E-state index contributed by atoms with van der Waals surface area (Å²) in [6.07, 6.45) is 2.27. The molecule has 1 atom stereocenters. The fourth-order valence-corrected chi connectivity index (χ4v) is 2.55. The van der Waals surface area contributed by atoms with Gasteiger partial charge in [0, 0.05) is 26.2 Å². The topological polar surface area (TPSA) is 101 Å². The minimum absolute atomic E-state index is 0.135. The number of nitrogens with one attached hydrogen (secondary N) is 1. The van der Waals surface area contributed by atoms with Gasteiger partial charge in [0.2, 0.25) is 5.91 Å². The van der Waals surface area contributed by atoms with Gasteiger partial charge in [0.15, 0.2) is 0 Å². The van der Waals surface area contributed by atoms with E-state index >= 15 is 0 Å². The van der Waals surface area contributed by atoms with E-state index in [-0.39, 0.29) is 5.57 Å². The van der Waals surface area contributed by atoms with Gasteiger partial charge in [0.1, 0.15) is 5.69 Å². The normalized spacial score (nSPS) is 18.4. The molecule has 3 N–H and O–H groups in total. The van der Waals surface area contributed by atoms with Crippen LogP contribution in [0.15, 0.2) is 12.3 Å². The molecule has 1 aliphatic heterocycles. The summed E-state index contributed by atoms with van der Waals surface area (Å²) in [5, 5.41) is 10.4. The van der Waals surface area contributed by atoms with Gasteiger partial charge in [-0.15, -0.1) is 5.10 Å². The van der Waals surface area contributed by atoms with Crippen LogP contribution in [0.25, 0.3) is 5.57 Å². The van der Waals surface area contributed by atoms with E-state index in [1.54, 1.807) is 6.07 Å². The molecule has 1 aromatic rings. The van der Waals surface area contributed by atoms with Crippen LogP contribution in [0.3, 0.4) is 0 Å². The lowest BCUT2D eigenvalue weighted by molar-refractivity contribution is -0.126. The van der Waals surface area contributed by atoms with E-state index < -0.39 is 11.8 Å². The van der Waals surface area contributed by atoms with Crippen molar-refractivity contribution in [1.82, 2.24) is 15.5 Å². The second-order valence-corrected chi connectivity index (χ2v) is 5.63. The van der Waals surface area contributed by atoms with E-state index in [1.807, 2.05) is 6.92 Å². The summed E-state index contributed by atoms with van der Waals surface area (Å²) in [7, 11) is 0. The van der Waals surface area contributed by atoms with E-state index in [2.05, 4.69) is 27.3 Å². The van der Waals surface area contributed by atoms with Crippen molar-refractivity contribution < 1.29 is 9.59 Å². The first-order valence-electron chi connectivity index (χ1n) is 7.25. The van der Waals surface area contributed by atoms with Crippen LogP contribution in [-0.2, 0) is 9.59 Å². The third kappa shape index (κ3) is 3.41. The SMILES string of the molecule is CC(=O)NC(=O)/C(=C\N)c1cc(N2CCC(C)C2)c(C)nn1. The zero-order chi connectivity index (χ0) is 16.3. The fourth-order valence-electron chi connectivity index (χ4n) is 2.55. The standard InChI is InChI=1S/C15H21N5O2/c1-9-4-5-20(8-9)14-6-13(19-18-10(14)2)12(7-16)15(22)17-11(3)21/h6-7,9H,4-5,8,16H2,1-3H3,(H,17,21,22)/b12-7-. The van der Waals surface area contributed by atoms with Crippen molar-refractivity contribution in [1.29, 1.82) is 0 Å². The Hall–Kier alpha value is -2.44. The molecule has 2 rings (SSSR count).